The van der Waals surface area contributed by atoms with Gasteiger partial charge in [0.2, 0.25) is 0 Å². The van der Waals surface area contributed by atoms with Crippen LogP contribution in [0.25, 0.3) is 82.1 Å². The van der Waals surface area contributed by atoms with Crippen LogP contribution in [0.3, 0.4) is 0 Å². The third-order valence-electron chi connectivity index (χ3n) is 11.4. The molecule has 0 fully saturated rings. The van der Waals surface area contributed by atoms with E-state index in [0.717, 1.165) is 33.9 Å². The van der Waals surface area contributed by atoms with Crippen molar-refractivity contribution >= 4 is 71.2 Å². The second kappa shape index (κ2) is 13.2. The molecule has 0 bridgehead atoms. The van der Waals surface area contributed by atoms with Crippen molar-refractivity contribution in [1.29, 1.82) is 0 Å². The molecule has 2 nitrogen and oxygen atoms in total. The maximum Gasteiger partial charge on any atom is 0.0541 e. The van der Waals surface area contributed by atoms with Gasteiger partial charge in [0.05, 0.1) is 22.4 Å². The molecule has 0 saturated heterocycles. The van der Waals surface area contributed by atoms with Gasteiger partial charge in [0, 0.05) is 33.3 Å². The maximum atomic E-state index is 2.46. The average molecular weight is 713 g/mol. The molecule has 11 rings (SSSR count). The SMILES string of the molecule is c1ccc(-c2ccccc2N(c2ccc3c(ccc4c5ccccc5ccc34)c2)c2ccc(-n3c4ccccc4c4ccccc43)cc2-c2ccccc2)cc1. The largest absolute Gasteiger partial charge is 0.309 e. The lowest BCUT2D eigenvalue weighted by Crippen LogP contribution is -2.13. The highest BCUT2D eigenvalue weighted by Crippen LogP contribution is 2.47. The predicted molar refractivity (Wildman–Crippen MR) is 239 cm³/mol. The number of rotatable bonds is 6. The standard InChI is InChI=1S/C54H36N2/c1-3-15-37(16-4-1)45-21-9-12-24-51(45)55(41-29-33-44-40(35-41)28-32-46-43-20-8-7-19-39(43)27-31-47(44)46)54-34-30-42(36-50(54)38-17-5-2-6-18-38)56-52-25-13-10-22-48(52)49-23-11-14-26-53(49)56/h1-36H. The van der Waals surface area contributed by atoms with E-state index in [2.05, 4.69) is 228 Å². The zero-order valence-electron chi connectivity index (χ0n) is 30.7. The van der Waals surface area contributed by atoms with E-state index in [1.807, 2.05) is 0 Å². The van der Waals surface area contributed by atoms with Crippen LogP contribution in [0, 0.1) is 0 Å². The normalized spacial score (nSPS) is 11.6. The summed E-state index contributed by atoms with van der Waals surface area (Å²) in [6, 6.07) is 79.6. The number of anilines is 3. The Kier molecular flexibility index (Phi) is 7.53. The maximum absolute atomic E-state index is 2.46. The summed E-state index contributed by atoms with van der Waals surface area (Å²) in [4.78, 5) is 2.46. The van der Waals surface area contributed by atoms with Gasteiger partial charge in [-0.2, -0.15) is 0 Å². The highest BCUT2D eigenvalue weighted by atomic mass is 15.1. The highest BCUT2D eigenvalue weighted by molar-refractivity contribution is 6.18. The van der Waals surface area contributed by atoms with Gasteiger partial charge in [0.15, 0.2) is 0 Å². The fourth-order valence-corrected chi connectivity index (χ4v) is 8.80. The molecule has 0 aliphatic rings. The molecule has 0 N–H and O–H groups in total. The van der Waals surface area contributed by atoms with E-state index in [9.17, 15) is 0 Å². The second-order valence-electron chi connectivity index (χ2n) is 14.5. The van der Waals surface area contributed by atoms with Gasteiger partial charge < -0.3 is 9.47 Å². The predicted octanol–water partition coefficient (Wildman–Crippen LogP) is 15.0. The molecule has 0 atom stereocenters. The van der Waals surface area contributed by atoms with Crippen molar-refractivity contribution in [3.63, 3.8) is 0 Å². The van der Waals surface area contributed by atoms with E-state index in [-0.39, 0.29) is 0 Å². The van der Waals surface area contributed by atoms with E-state index in [1.165, 1.54) is 65.3 Å². The van der Waals surface area contributed by atoms with Gasteiger partial charge in [-0.05, 0) is 92.0 Å². The van der Waals surface area contributed by atoms with Crippen molar-refractivity contribution in [1.82, 2.24) is 4.57 Å². The zero-order chi connectivity index (χ0) is 37.0. The number of hydrogen-bond donors (Lipinski definition) is 0. The molecule has 0 unspecified atom stereocenters. The average Bonchev–Trinajstić information content (AvgIpc) is 3.61. The Hall–Kier alpha value is -7.42. The molecule has 1 aromatic heterocycles. The lowest BCUT2D eigenvalue weighted by Gasteiger charge is -2.30. The summed E-state index contributed by atoms with van der Waals surface area (Å²) in [6.45, 7) is 0. The summed E-state index contributed by atoms with van der Waals surface area (Å²) in [5.41, 5.74) is 11.5. The lowest BCUT2D eigenvalue weighted by atomic mass is 9.95. The van der Waals surface area contributed by atoms with Gasteiger partial charge in [0.25, 0.3) is 0 Å². The number of benzene rings is 10. The Labute approximate surface area is 325 Å². The minimum absolute atomic E-state index is 1.10. The van der Waals surface area contributed by atoms with Gasteiger partial charge in [-0.3, -0.25) is 0 Å². The molecule has 11 aromatic rings. The van der Waals surface area contributed by atoms with E-state index >= 15 is 0 Å². The minimum atomic E-state index is 1.10. The molecular formula is C54H36N2. The second-order valence-corrected chi connectivity index (χ2v) is 14.5. The van der Waals surface area contributed by atoms with Crippen molar-refractivity contribution in [3.8, 4) is 27.9 Å². The van der Waals surface area contributed by atoms with E-state index in [4.69, 9.17) is 0 Å². The van der Waals surface area contributed by atoms with Crippen molar-refractivity contribution in [3.05, 3.63) is 218 Å². The topological polar surface area (TPSA) is 8.17 Å². The molecule has 56 heavy (non-hydrogen) atoms. The Morgan fingerprint density at radius 2 is 0.821 bits per heavy atom. The summed E-state index contributed by atoms with van der Waals surface area (Å²) in [7, 11) is 0. The summed E-state index contributed by atoms with van der Waals surface area (Å²) < 4.78 is 2.41. The third kappa shape index (κ3) is 5.19. The molecule has 0 saturated carbocycles. The first-order valence-electron chi connectivity index (χ1n) is 19.3. The molecule has 0 spiro atoms. The van der Waals surface area contributed by atoms with Gasteiger partial charge >= 0.3 is 0 Å². The van der Waals surface area contributed by atoms with Crippen molar-refractivity contribution in [2.75, 3.05) is 4.90 Å². The third-order valence-corrected chi connectivity index (χ3v) is 11.4. The van der Waals surface area contributed by atoms with Gasteiger partial charge in [-0.25, -0.2) is 0 Å². The van der Waals surface area contributed by atoms with Crippen LogP contribution in [0.5, 0.6) is 0 Å². The fraction of sp³-hybridized carbons (Fsp3) is 0. The van der Waals surface area contributed by atoms with E-state index in [0.29, 0.717) is 0 Å². The van der Waals surface area contributed by atoms with Crippen LogP contribution in [0.2, 0.25) is 0 Å². The number of para-hydroxylation sites is 3. The van der Waals surface area contributed by atoms with Crippen LogP contribution in [0.1, 0.15) is 0 Å². The van der Waals surface area contributed by atoms with Gasteiger partial charge in [-0.15, -0.1) is 0 Å². The van der Waals surface area contributed by atoms with Crippen LogP contribution in [0.4, 0.5) is 17.1 Å². The Balaban J connectivity index is 1.18. The minimum Gasteiger partial charge on any atom is -0.309 e. The Morgan fingerprint density at radius 1 is 0.304 bits per heavy atom. The number of hydrogen-bond acceptors (Lipinski definition) is 1. The van der Waals surface area contributed by atoms with E-state index < -0.39 is 0 Å². The fourth-order valence-electron chi connectivity index (χ4n) is 8.80. The zero-order valence-corrected chi connectivity index (χ0v) is 30.7. The molecule has 0 radical (unpaired) electrons. The molecule has 10 aromatic carbocycles. The van der Waals surface area contributed by atoms with Crippen molar-refractivity contribution in [2.24, 2.45) is 0 Å². The van der Waals surface area contributed by atoms with Crippen LogP contribution in [0.15, 0.2) is 218 Å². The molecular weight excluding hydrogens is 677 g/mol. The number of aromatic nitrogens is 1. The van der Waals surface area contributed by atoms with E-state index in [1.54, 1.807) is 0 Å². The van der Waals surface area contributed by atoms with Crippen LogP contribution in [-0.4, -0.2) is 4.57 Å². The lowest BCUT2D eigenvalue weighted by molar-refractivity contribution is 1.17. The van der Waals surface area contributed by atoms with Crippen LogP contribution in [-0.2, 0) is 0 Å². The van der Waals surface area contributed by atoms with Crippen molar-refractivity contribution < 1.29 is 0 Å². The molecule has 1 heterocycles. The van der Waals surface area contributed by atoms with Crippen LogP contribution >= 0.6 is 0 Å². The first kappa shape index (κ1) is 32.0. The molecule has 262 valence electrons. The number of fused-ring (bicyclic) bond motifs is 8. The first-order valence-corrected chi connectivity index (χ1v) is 19.3. The molecule has 0 aliphatic carbocycles. The first-order chi connectivity index (χ1) is 27.8. The Bertz CT molecular complexity index is 3200. The van der Waals surface area contributed by atoms with Crippen molar-refractivity contribution in [2.45, 2.75) is 0 Å². The van der Waals surface area contributed by atoms with Gasteiger partial charge in [0.1, 0.15) is 0 Å². The summed E-state index contributed by atoms with van der Waals surface area (Å²) in [5, 5.41) is 10.1. The smallest absolute Gasteiger partial charge is 0.0541 e. The summed E-state index contributed by atoms with van der Waals surface area (Å²) in [6.07, 6.45) is 0. The Morgan fingerprint density at radius 3 is 1.54 bits per heavy atom. The monoisotopic (exact) mass is 712 g/mol. The summed E-state index contributed by atoms with van der Waals surface area (Å²) in [5.74, 6) is 0. The van der Waals surface area contributed by atoms with Gasteiger partial charge in [-0.1, -0.05) is 170 Å². The van der Waals surface area contributed by atoms with Crippen LogP contribution < -0.4 is 4.90 Å². The molecule has 0 amide bonds. The molecule has 0 aliphatic heterocycles. The number of nitrogens with zero attached hydrogens (tertiary/aromatic N) is 2. The highest BCUT2D eigenvalue weighted by Gasteiger charge is 2.22. The molecule has 2 heteroatoms. The quantitative estimate of drug-likeness (QED) is 0.156. The summed E-state index contributed by atoms with van der Waals surface area (Å²) >= 11 is 0.